The monoisotopic (exact) mass is 755 g/mol. The molecule has 0 bridgehead atoms. The Kier molecular flexibility index (Phi) is 10.4. The zero-order valence-corrected chi connectivity index (χ0v) is 30.0. The molecule has 3 heterocycles. The van der Waals surface area contributed by atoms with Crippen molar-refractivity contribution in [2.24, 2.45) is 4.99 Å². The lowest BCUT2D eigenvalue weighted by Gasteiger charge is -2.36. The van der Waals surface area contributed by atoms with Gasteiger partial charge in [0.05, 0.1) is 30.2 Å². The average Bonchev–Trinajstić information content (AvgIpc) is 3.48. The van der Waals surface area contributed by atoms with Gasteiger partial charge in [-0.05, 0) is 54.4 Å². The first-order chi connectivity index (χ1) is 24.3. The predicted molar refractivity (Wildman–Crippen MR) is 192 cm³/mol. The molecule has 0 saturated carbocycles. The molecule has 51 heavy (non-hydrogen) atoms. The van der Waals surface area contributed by atoms with Crippen molar-refractivity contribution < 1.29 is 32.3 Å². The number of urea groups is 2. The molecule has 0 aromatic heterocycles. The second kappa shape index (κ2) is 14.8. The van der Waals surface area contributed by atoms with Crippen LogP contribution < -0.4 is 19.7 Å². The highest BCUT2D eigenvalue weighted by atomic mass is 35.5. The zero-order chi connectivity index (χ0) is 36.4. The second-order valence-corrected chi connectivity index (χ2v) is 14.8. The molecule has 0 aliphatic carbocycles. The van der Waals surface area contributed by atoms with E-state index >= 15 is 0 Å². The van der Waals surface area contributed by atoms with Crippen molar-refractivity contribution in [1.82, 2.24) is 25.3 Å². The van der Waals surface area contributed by atoms with E-state index in [0.717, 1.165) is 16.7 Å². The Hall–Kier alpha value is -4.86. The van der Waals surface area contributed by atoms with Gasteiger partial charge in [-0.1, -0.05) is 47.5 Å². The van der Waals surface area contributed by atoms with Crippen LogP contribution in [0.5, 0.6) is 5.75 Å². The summed E-state index contributed by atoms with van der Waals surface area (Å²) >= 11 is 12.5. The molecule has 6 rings (SSSR count). The molecule has 2 fully saturated rings. The zero-order valence-electron chi connectivity index (χ0n) is 27.7. The van der Waals surface area contributed by atoms with Gasteiger partial charge in [0.1, 0.15) is 30.7 Å². The van der Waals surface area contributed by atoms with Crippen molar-refractivity contribution in [1.29, 1.82) is 0 Å². The molecule has 14 nitrogen and oxygen atoms in total. The number of benzene rings is 3. The summed E-state index contributed by atoms with van der Waals surface area (Å²) in [5.74, 6) is -0.368. The van der Waals surface area contributed by atoms with Gasteiger partial charge < -0.3 is 25.2 Å². The number of carbonyl (C=O) groups excluding carboxylic acids is 4. The molecular weight excluding hydrogens is 721 g/mol. The Bertz CT molecular complexity index is 1990. The standard InChI is InChI=1S/C34H35Cl2N7O7S/c1-3-50-27-18-25(43(51(2,48)49)34(47)41-17-15-38-29(45)20-41)12-13-26(27)32-39-30(21-4-8-23(35)9-5-21)31(22-6-10-24(36)11-7-22)42(32)33(46)40-16-14-37-28(44)19-40/h4-13,18,30-31H,3,14-17,19-20H2,1-2H3,(H,37,44)(H,38,45)/t30-,31+/m0/s1. The van der Waals surface area contributed by atoms with Crippen molar-refractivity contribution in [3.63, 3.8) is 0 Å². The van der Waals surface area contributed by atoms with Gasteiger partial charge in [0.15, 0.2) is 0 Å². The van der Waals surface area contributed by atoms with Gasteiger partial charge in [-0.15, -0.1) is 0 Å². The van der Waals surface area contributed by atoms with Crippen LogP contribution in [-0.2, 0) is 19.6 Å². The number of nitrogens with one attached hydrogen (secondary N) is 2. The highest BCUT2D eigenvalue weighted by Gasteiger charge is 2.45. The van der Waals surface area contributed by atoms with E-state index in [-0.39, 0.29) is 69.1 Å². The smallest absolute Gasteiger partial charge is 0.338 e. The molecule has 3 aliphatic rings. The summed E-state index contributed by atoms with van der Waals surface area (Å²) in [6.45, 7) is 2.23. The van der Waals surface area contributed by atoms with Crippen LogP contribution in [0.3, 0.4) is 0 Å². The van der Waals surface area contributed by atoms with Gasteiger partial charge in [0, 0.05) is 42.3 Å². The van der Waals surface area contributed by atoms with Crippen LogP contribution in [0.15, 0.2) is 71.7 Å². The van der Waals surface area contributed by atoms with Gasteiger partial charge in [-0.3, -0.25) is 19.5 Å². The van der Waals surface area contributed by atoms with Crippen molar-refractivity contribution in [3.8, 4) is 5.75 Å². The van der Waals surface area contributed by atoms with Gasteiger partial charge in [-0.2, -0.15) is 4.31 Å². The fourth-order valence-electron chi connectivity index (χ4n) is 6.28. The summed E-state index contributed by atoms with van der Waals surface area (Å²) in [6, 6.07) is 15.8. The van der Waals surface area contributed by atoms with E-state index in [1.165, 1.54) is 21.9 Å². The van der Waals surface area contributed by atoms with Gasteiger partial charge >= 0.3 is 12.1 Å². The summed E-state index contributed by atoms with van der Waals surface area (Å²) in [7, 11) is -4.19. The SMILES string of the molecule is CCOc1cc(N(C(=O)N2CCNC(=O)C2)S(C)(=O)=O)ccc1C1=N[C@@H](c2ccc(Cl)cc2)[C@@H](c2ccc(Cl)cc2)N1C(=O)N1CCNC(=O)C1. The number of anilines is 1. The molecule has 3 aromatic carbocycles. The van der Waals surface area contributed by atoms with Crippen LogP contribution in [0.25, 0.3) is 0 Å². The first kappa shape index (κ1) is 35.9. The molecule has 0 spiro atoms. The average molecular weight is 757 g/mol. The number of hydrogen-bond donors (Lipinski definition) is 2. The fraction of sp³-hybridized carbons (Fsp3) is 0.324. The van der Waals surface area contributed by atoms with Crippen LogP contribution in [-0.4, -0.2) is 105 Å². The van der Waals surface area contributed by atoms with Gasteiger partial charge in [-0.25, -0.2) is 18.0 Å². The number of piperazine rings is 2. The lowest BCUT2D eigenvalue weighted by Crippen LogP contribution is -2.55. The summed E-state index contributed by atoms with van der Waals surface area (Å²) in [6.07, 6.45) is 0.896. The highest BCUT2D eigenvalue weighted by Crippen LogP contribution is 2.46. The molecule has 2 saturated heterocycles. The molecule has 3 aliphatic heterocycles. The number of rotatable bonds is 7. The van der Waals surface area contributed by atoms with E-state index in [1.54, 1.807) is 49.4 Å². The van der Waals surface area contributed by atoms with E-state index in [2.05, 4.69) is 10.6 Å². The number of halogens is 2. The maximum Gasteiger partial charge on any atom is 0.338 e. The van der Waals surface area contributed by atoms with E-state index in [4.69, 9.17) is 32.9 Å². The number of sulfonamides is 1. The Morgan fingerprint density at radius 2 is 1.45 bits per heavy atom. The van der Waals surface area contributed by atoms with E-state index in [1.807, 2.05) is 12.1 Å². The summed E-state index contributed by atoms with van der Waals surface area (Å²) in [5, 5.41) is 6.37. The van der Waals surface area contributed by atoms with Crippen LogP contribution in [0.4, 0.5) is 15.3 Å². The maximum atomic E-state index is 14.6. The topological polar surface area (TPSA) is 161 Å². The third kappa shape index (κ3) is 7.60. The Morgan fingerprint density at radius 1 is 0.882 bits per heavy atom. The number of amidine groups is 1. The maximum absolute atomic E-state index is 14.6. The molecule has 268 valence electrons. The van der Waals surface area contributed by atoms with Gasteiger partial charge in [0.2, 0.25) is 21.8 Å². The third-order valence-corrected chi connectivity index (χ3v) is 10.1. The Labute approximate surface area is 305 Å². The minimum Gasteiger partial charge on any atom is -0.493 e. The second-order valence-electron chi connectivity index (χ2n) is 12.1. The Balaban J connectivity index is 1.51. The van der Waals surface area contributed by atoms with Crippen molar-refractivity contribution >= 4 is 68.6 Å². The molecule has 3 aromatic rings. The minimum absolute atomic E-state index is 0.0339. The fourth-order valence-corrected chi connectivity index (χ4v) is 7.43. The van der Waals surface area contributed by atoms with Gasteiger partial charge in [0.25, 0.3) is 0 Å². The summed E-state index contributed by atoms with van der Waals surface area (Å²) in [4.78, 5) is 62.0. The van der Waals surface area contributed by atoms with Crippen molar-refractivity contribution in [2.75, 3.05) is 56.4 Å². The number of hydrogen-bond acceptors (Lipinski definition) is 8. The minimum atomic E-state index is -4.19. The number of ether oxygens (including phenoxy) is 1. The van der Waals surface area contributed by atoms with Crippen molar-refractivity contribution in [2.45, 2.75) is 19.0 Å². The predicted octanol–water partition coefficient (Wildman–Crippen LogP) is 3.81. The van der Waals surface area contributed by atoms with E-state index < -0.39 is 40.1 Å². The lowest BCUT2D eigenvalue weighted by atomic mass is 9.93. The number of aliphatic imine (C=N–C) groups is 1. The van der Waals surface area contributed by atoms with E-state index in [0.29, 0.717) is 25.5 Å². The van der Waals surface area contributed by atoms with Crippen molar-refractivity contribution in [3.05, 3.63) is 93.5 Å². The third-order valence-electron chi connectivity index (χ3n) is 8.56. The summed E-state index contributed by atoms with van der Waals surface area (Å²) in [5.41, 5.74) is 1.76. The molecule has 6 amide bonds. The molecule has 2 N–H and O–H groups in total. The highest BCUT2D eigenvalue weighted by molar-refractivity contribution is 7.92. The van der Waals surface area contributed by atoms with E-state index in [9.17, 15) is 27.6 Å². The number of carbonyl (C=O) groups is 4. The Morgan fingerprint density at radius 3 is 2.02 bits per heavy atom. The molecule has 0 unspecified atom stereocenters. The van der Waals surface area contributed by atoms with Crippen LogP contribution >= 0.6 is 23.2 Å². The summed E-state index contributed by atoms with van der Waals surface area (Å²) < 4.78 is 32.9. The lowest BCUT2D eigenvalue weighted by molar-refractivity contribution is -0.124. The van der Waals surface area contributed by atoms with Crippen LogP contribution in [0, 0.1) is 0 Å². The molecule has 0 radical (unpaired) electrons. The first-order valence-corrected chi connectivity index (χ1v) is 18.7. The van der Waals surface area contributed by atoms with Crippen LogP contribution in [0.1, 0.15) is 35.7 Å². The molecular formula is C34H35Cl2N7O7S. The van der Waals surface area contributed by atoms with Crippen LogP contribution in [0.2, 0.25) is 10.0 Å². The molecule has 17 heteroatoms. The quantitative estimate of drug-likeness (QED) is 0.371. The largest absolute Gasteiger partial charge is 0.493 e. The first-order valence-electron chi connectivity index (χ1n) is 16.1. The number of amides is 6. The molecule has 2 atom stereocenters. The number of nitrogens with zero attached hydrogens (tertiary/aromatic N) is 5. The normalized spacial score (nSPS) is 19.3.